The number of hydrogen-bond donors (Lipinski definition) is 1. The van der Waals surface area contributed by atoms with Gasteiger partial charge in [-0.2, -0.15) is 0 Å². The van der Waals surface area contributed by atoms with Crippen LogP contribution < -0.4 is 29.0 Å². The van der Waals surface area contributed by atoms with Gasteiger partial charge in [-0.1, -0.05) is 6.58 Å². The fourth-order valence-electron chi connectivity index (χ4n) is 7.41. The second kappa shape index (κ2) is 12.1. The van der Waals surface area contributed by atoms with E-state index in [9.17, 15) is 14.8 Å². The normalized spacial score (nSPS) is 25.3. The van der Waals surface area contributed by atoms with Gasteiger partial charge in [0.1, 0.15) is 54.8 Å². The van der Waals surface area contributed by atoms with Crippen LogP contribution in [0.2, 0.25) is 0 Å². The topological polar surface area (TPSA) is 134 Å². The van der Waals surface area contributed by atoms with E-state index < -0.39 is 53.9 Å². The Morgan fingerprint density at radius 3 is 2.32 bits per heavy atom. The summed E-state index contributed by atoms with van der Waals surface area (Å²) in [5.74, 6) is 1.76. The summed E-state index contributed by atoms with van der Waals surface area (Å²) in [4.78, 5) is 26.3. The first-order valence-electron chi connectivity index (χ1n) is 15.9. The molecule has 12 nitrogen and oxygen atoms in total. The van der Waals surface area contributed by atoms with Crippen LogP contribution in [0.5, 0.6) is 28.7 Å². The molecule has 47 heavy (non-hydrogen) atoms. The number of esters is 1. The van der Waals surface area contributed by atoms with E-state index in [4.69, 9.17) is 33.2 Å². The van der Waals surface area contributed by atoms with Gasteiger partial charge in [-0.05, 0) is 58.4 Å². The highest BCUT2D eigenvalue weighted by atomic mass is 16.6. The lowest BCUT2D eigenvalue weighted by Crippen LogP contribution is -2.60. The van der Waals surface area contributed by atoms with Crippen LogP contribution in [0.1, 0.15) is 76.2 Å². The zero-order chi connectivity index (χ0) is 33.8. The molecule has 2 aromatic rings. The first kappa shape index (κ1) is 32.8. The number of methoxy groups -OCH3 is 2. The van der Waals surface area contributed by atoms with Gasteiger partial charge in [0.05, 0.1) is 20.1 Å². The number of nitrogens with zero attached hydrogens (tertiary/aromatic N) is 1. The van der Waals surface area contributed by atoms with Crippen molar-refractivity contribution in [1.29, 1.82) is 0 Å². The highest BCUT2D eigenvalue weighted by Gasteiger charge is 2.49. The summed E-state index contributed by atoms with van der Waals surface area (Å²) in [5.41, 5.74) is 1.78. The number of hydroxylamine groups is 2. The zero-order valence-electron chi connectivity index (χ0n) is 28.0. The number of amides is 1. The maximum Gasteiger partial charge on any atom is 0.407 e. The van der Waals surface area contributed by atoms with Crippen molar-refractivity contribution in [1.82, 2.24) is 10.4 Å². The fourth-order valence-corrected chi connectivity index (χ4v) is 7.41. The van der Waals surface area contributed by atoms with Crippen LogP contribution in [0, 0.1) is 0 Å². The van der Waals surface area contributed by atoms with E-state index in [-0.39, 0.29) is 12.7 Å². The quantitative estimate of drug-likeness (QED) is 0.315. The highest BCUT2D eigenvalue weighted by Crippen LogP contribution is 2.55. The van der Waals surface area contributed by atoms with Crippen molar-refractivity contribution in [2.45, 2.75) is 95.3 Å². The molecule has 0 saturated carbocycles. The molecular weight excluding hydrogens is 608 g/mol. The van der Waals surface area contributed by atoms with Crippen LogP contribution in [-0.4, -0.2) is 73.9 Å². The number of carbonyl (C=O) groups excluding carboxylic acids is 2. The Bertz CT molecular complexity index is 1570. The van der Waals surface area contributed by atoms with Gasteiger partial charge in [-0.25, -0.2) is 4.79 Å². The second-order valence-corrected chi connectivity index (χ2v) is 14.0. The predicted octanol–water partition coefficient (Wildman–Crippen LogP) is 5.20. The Labute approximate surface area is 274 Å². The Morgan fingerprint density at radius 2 is 1.66 bits per heavy atom. The lowest BCUT2D eigenvalue weighted by Gasteiger charge is -2.49. The van der Waals surface area contributed by atoms with Gasteiger partial charge in [0.15, 0.2) is 11.5 Å². The van der Waals surface area contributed by atoms with Crippen molar-refractivity contribution >= 4 is 12.1 Å². The molecule has 1 amide bonds. The van der Waals surface area contributed by atoms with Gasteiger partial charge in [0, 0.05) is 53.1 Å². The molecule has 2 aromatic carbocycles. The summed E-state index contributed by atoms with van der Waals surface area (Å²) < 4.78 is 41.8. The van der Waals surface area contributed by atoms with Crippen molar-refractivity contribution < 1.29 is 48.0 Å². The van der Waals surface area contributed by atoms with Gasteiger partial charge < -0.3 is 38.5 Å². The molecular formula is C35H43N2O10. The molecule has 0 bridgehead atoms. The molecule has 1 fully saturated rings. The molecule has 0 aliphatic carbocycles. The third-order valence-corrected chi connectivity index (χ3v) is 9.50. The van der Waals surface area contributed by atoms with E-state index in [2.05, 4.69) is 11.9 Å². The number of piperidine rings is 1. The van der Waals surface area contributed by atoms with Crippen molar-refractivity contribution in [3.05, 3.63) is 53.1 Å². The number of carbonyl (C=O) groups is 2. The molecule has 4 aliphatic rings. The van der Waals surface area contributed by atoms with Gasteiger partial charge in [-0.15, -0.1) is 10.3 Å². The van der Waals surface area contributed by atoms with Crippen LogP contribution in [0.25, 0.3) is 0 Å². The van der Waals surface area contributed by atoms with Crippen molar-refractivity contribution in [3.63, 3.8) is 0 Å². The molecule has 0 spiro atoms. The lowest BCUT2D eigenvalue weighted by molar-refractivity contribution is -0.298. The van der Waals surface area contributed by atoms with Crippen LogP contribution >= 0.6 is 0 Å². The molecule has 253 valence electrons. The number of alkyl carbamates (subject to hydrolysis) is 1. The Kier molecular flexibility index (Phi) is 8.46. The molecule has 1 saturated heterocycles. The van der Waals surface area contributed by atoms with Gasteiger partial charge in [-0.3, -0.25) is 4.79 Å². The minimum atomic E-state index is -0.785. The molecule has 4 aliphatic heterocycles. The summed E-state index contributed by atoms with van der Waals surface area (Å²) in [6, 6.07) is 7.29. The van der Waals surface area contributed by atoms with Crippen LogP contribution in [-0.2, 0) is 25.9 Å². The summed E-state index contributed by atoms with van der Waals surface area (Å²) >= 11 is 0. The van der Waals surface area contributed by atoms with Gasteiger partial charge in [0.2, 0.25) is 0 Å². The van der Waals surface area contributed by atoms with Crippen LogP contribution in [0.3, 0.4) is 0 Å². The summed E-state index contributed by atoms with van der Waals surface area (Å²) in [6.07, 6.45) is -1.40. The maximum atomic E-state index is 13.5. The Morgan fingerprint density at radius 1 is 0.979 bits per heavy atom. The molecule has 1 N–H and O–H groups in total. The highest BCUT2D eigenvalue weighted by molar-refractivity contribution is 5.78. The standard InChI is InChI=1S/C35H43N2O10/c1-18(2)24-12-22-23(45-24)10-9-20-31(22)46-28-17-43-25-13-27(42-8)26(41-7)11-21(25)30(28)32(20)47-29(38)16-36-33(39)44-19-14-34(3,4)37(40)35(5,6)15-19/h9-11,13,19,24,28,30,32H,1,12,14-17H2,2-8H3,(H,36,39)/t24-,28-,30+,32-/m1/s1. The van der Waals surface area contributed by atoms with E-state index in [1.54, 1.807) is 20.3 Å². The lowest BCUT2D eigenvalue weighted by atomic mass is 9.79. The molecule has 4 atom stereocenters. The van der Waals surface area contributed by atoms with Crippen molar-refractivity contribution in [2.24, 2.45) is 0 Å². The van der Waals surface area contributed by atoms with Crippen LogP contribution in [0.4, 0.5) is 4.79 Å². The van der Waals surface area contributed by atoms with Crippen molar-refractivity contribution in [3.8, 4) is 28.7 Å². The third-order valence-electron chi connectivity index (χ3n) is 9.50. The average molecular weight is 652 g/mol. The number of rotatable bonds is 7. The van der Waals surface area contributed by atoms with E-state index in [0.29, 0.717) is 53.6 Å². The zero-order valence-corrected chi connectivity index (χ0v) is 28.0. The number of ether oxygens (including phenoxy) is 7. The van der Waals surface area contributed by atoms with Crippen LogP contribution in [0.15, 0.2) is 36.4 Å². The summed E-state index contributed by atoms with van der Waals surface area (Å²) in [6.45, 7) is 13.1. The van der Waals surface area contributed by atoms with E-state index in [0.717, 1.165) is 21.8 Å². The number of benzene rings is 2. The largest absolute Gasteiger partial charge is 0.493 e. The van der Waals surface area contributed by atoms with Gasteiger partial charge in [0.25, 0.3) is 0 Å². The number of fused-ring (bicyclic) bond motifs is 6. The maximum absolute atomic E-state index is 13.5. The molecule has 6 rings (SSSR count). The predicted molar refractivity (Wildman–Crippen MR) is 169 cm³/mol. The first-order valence-corrected chi connectivity index (χ1v) is 15.9. The molecule has 1 radical (unpaired) electrons. The Hall–Kier alpha value is -4.16. The smallest absolute Gasteiger partial charge is 0.407 e. The van der Waals surface area contributed by atoms with E-state index in [1.165, 1.54) is 0 Å². The molecule has 0 aromatic heterocycles. The summed E-state index contributed by atoms with van der Waals surface area (Å²) in [5, 5.41) is 16.3. The second-order valence-electron chi connectivity index (χ2n) is 14.0. The summed E-state index contributed by atoms with van der Waals surface area (Å²) in [7, 11) is 3.10. The van der Waals surface area contributed by atoms with E-state index >= 15 is 0 Å². The van der Waals surface area contributed by atoms with E-state index in [1.807, 2.05) is 52.8 Å². The molecule has 4 heterocycles. The van der Waals surface area contributed by atoms with Gasteiger partial charge >= 0.3 is 12.1 Å². The fraction of sp³-hybridized carbons (Fsp3) is 0.543. The number of hydrogen-bond acceptors (Lipinski definition) is 10. The SMILES string of the molecule is C=C(C)[C@H]1Cc2c(ccc3c2O[C@@H]2COc4cc(OC)c(OC)cc4[C@@H]2[C@@H]3OC(=O)CNC(=O)OC2CC(C)(C)N([O])C(C)(C)C2)O1. The average Bonchev–Trinajstić information content (AvgIpc) is 3.47. The molecule has 12 heteroatoms. The minimum absolute atomic E-state index is 0.189. The first-order chi connectivity index (χ1) is 22.2. The third kappa shape index (κ3) is 6.04. The van der Waals surface area contributed by atoms with Crippen molar-refractivity contribution in [2.75, 3.05) is 27.4 Å². The Balaban J connectivity index is 1.25. The minimum Gasteiger partial charge on any atom is -0.493 e. The number of nitrogens with one attached hydrogen (secondary N) is 1. The molecule has 0 unspecified atom stereocenters. The monoisotopic (exact) mass is 651 g/mol.